The Balaban J connectivity index is 1.83. The summed E-state index contributed by atoms with van der Waals surface area (Å²) in [7, 11) is 0. The summed E-state index contributed by atoms with van der Waals surface area (Å²) in [5.74, 6) is -0.0140. The third kappa shape index (κ3) is 1.10. The second kappa shape index (κ2) is 3.25. The molecule has 2 atom stereocenters. The molecule has 20 heavy (non-hydrogen) atoms. The van der Waals surface area contributed by atoms with Gasteiger partial charge in [-0.05, 0) is 23.6 Å². The van der Waals surface area contributed by atoms with E-state index in [0.29, 0.717) is 34.3 Å². The number of hydrogen-bond acceptors (Lipinski definition) is 3. The van der Waals surface area contributed by atoms with Gasteiger partial charge >= 0.3 is 0 Å². The Morgan fingerprint density at radius 3 is 2.45 bits per heavy atom. The number of carbonyl (C=O) groups is 2. The molecule has 96 valence electrons. The Kier molecular flexibility index (Phi) is 1.71. The van der Waals surface area contributed by atoms with Gasteiger partial charge in [-0.25, -0.2) is 0 Å². The quantitative estimate of drug-likeness (QED) is 0.630. The molecule has 0 amide bonds. The standard InChI is InChI=1S/C17H11NO2/c19-16-9-3-1-2-4-10(9)17(20)14-11(16)6-5-8-12(14)7-13-15(8)18-13/h1-6,13,15,18H,7H2/t13-,15+/m1/s1. The highest BCUT2D eigenvalue weighted by atomic mass is 16.1. The molecule has 0 saturated carbocycles. The predicted octanol–water partition coefficient (Wildman–Crippen LogP) is 2.03. The van der Waals surface area contributed by atoms with E-state index in [1.807, 2.05) is 24.3 Å². The van der Waals surface area contributed by atoms with Crippen molar-refractivity contribution in [2.24, 2.45) is 0 Å². The van der Waals surface area contributed by atoms with Crippen LogP contribution in [0.4, 0.5) is 0 Å². The molecule has 0 aromatic heterocycles. The monoisotopic (exact) mass is 261 g/mol. The Hall–Kier alpha value is -2.26. The second-order valence-electron chi connectivity index (χ2n) is 5.71. The zero-order valence-electron chi connectivity index (χ0n) is 10.6. The number of benzene rings is 2. The number of carbonyl (C=O) groups excluding carboxylic acids is 2. The summed E-state index contributed by atoms with van der Waals surface area (Å²) in [6.45, 7) is 0. The minimum absolute atomic E-state index is 0.00773. The van der Waals surface area contributed by atoms with Gasteiger partial charge < -0.3 is 5.32 Å². The molecule has 1 fully saturated rings. The van der Waals surface area contributed by atoms with Gasteiger partial charge in [0.2, 0.25) is 0 Å². The molecule has 0 spiro atoms. The maximum Gasteiger partial charge on any atom is 0.194 e. The van der Waals surface area contributed by atoms with E-state index in [0.717, 1.165) is 12.0 Å². The third-order valence-electron chi connectivity index (χ3n) is 4.68. The molecule has 5 rings (SSSR count). The van der Waals surface area contributed by atoms with Gasteiger partial charge in [0, 0.05) is 34.3 Å². The molecule has 0 radical (unpaired) electrons. The van der Waals surface area contributed by atoms with Gasteiger partial charge in [0.15, 0.2) is 11.6 Å². The minimum atomic E-state index is -0.0217. The molecule has 3 aliphatic rings. The Morgan fingerprint density at radius 2 is 1.65 bits per heavy atom. The number of rotatable bonds is 0. The van der Waals surface area contributed by atoms with Gasteiger partial charge in [-0.3, -0.25) is 9.59 Å². The molecule has 1 aliphatic heterocycles. The van der Waals surface area contributed by atoms with E-state index in [2.05, 4.69) is 5.32 Å². The summed E-state index contributed by atoms with van der Waals surface area (Å²) >= 11 is 0. The van der Waals surface area contributed by atoms with Crippen LogP contribution < -0.4 is 5.32 Å². The van der Waals surface area contributed by atoms with Gasteiger partial charge in [-0.1, -0.05) is 30.3 Å². The van der Waals surface area contributed by atoms with Crippen LogP contribution in [-0.4, -0.2) is 17.6 Å². The van der Waals surface area contributed by atoms with Crippen LogP contribution in [0.5, 0.6) is 0 Å². The fraction of sp³-hybridized carbons (Fsp3) is 0.176. The predicted molar refractivity (Wildman–Crippen MR) is 73.1 cm³/mol. The van der Waals surface area contributed by atoms with Crippen molar-refractivity contribution in [2.75, 3.05) is 0 Å². The van der Waals surface area contributed by atoms with Crippen molar-refractivity contribution in [2.45, 2.75) is 18.5 Å². The highest BCUT2D eigenvalue weighted by molar-refractivity contribution is 6.29. The maximum atomic E-state index is 12.8. The summed E-state index contributed by atoms with van der Waals surface area (Å²) < 4.78 is 0. The first kappa shape index (κ1) is 10.5. The van der Waals surface area contributed by atoms with Crippen LogP contribution in [0.2, 0.25) is 0 Å². The fourth-order valence-electron chi connectivity index (χ4n) is 3.66. The molecule has 1 heterocycles. The zero-order valence-corrected chi connectivity index (χ0v) is 10.6. The number of fused-ring (bicyclic) bond motifs is 6. The van der Waals surface area contributed by atoms with Gasteiger partial charge in [0.1, 0.15) is 0 Å². The van der Waals surface area contributed by atoms with Gasteiger partial charge in [0.05, 0.1) is 0 Å². The lowest BCUT2D eigenvalue weighted by Gasteiger charge is -2.20. The highest BCUT2D eigenvalue weighted by Crippen LogP contribution is 2.45. The first-order valence-electron chi connectivity index (χ1n) is 6.86. The molecule has 1 N–H and O–H groups in total. The van der Waals surface area contributed by atoms with Crippen LogP contribution in [0.1, 0.15) is 49.0 Å². The Labute approximate surface area is 115 Å². The molecule has 1 saturated heterocycles. The molecular weight excluding hydrogens is 250 g/mol. The average molecular weight is 261 g/mol. The van der Waals surface area contributed by atoms with Gasteiger partial charge in [-0.15, -0.1) is 0 Å². The van der Waals surface area contributed by atoms with Crippen molar-refractivity contribution in [3.8, 4) is 0 Å². The van der Waals surface area contributed by atoms with E-state index in [1.165, 1.54) is 5.56 Å². The van der Waals surface area contributed by atoms with Crippen LogP contribution in [0.25, 0.3) is 0 Å². The Morgan fingerprint density at radius 1 is 0.900 bits per heavy atom. The summed E-state index contributed by atoms with van der Waals surface area (Å²) in [5, 5.41) is 3.38. The number of ketones is 2. The minimum Gasteiger partial charge on any atom is -0.304 e. The molecule has 3 heteroatoms. The van der Waals surface area contributed by atoms with E-state index >= 15 is 0 Å². The van der Waals surface area contributed by atoms with Crippen LogP contribution in [0.15, 0.2) is 36.4 Å². The number of hydrogen-bond donors (Lipinski definition) is 1. The van der Waals surface area contributed by atoms with Crippen LogP contribution >= 0.6 is 0 Å². The summed E-state index contributed by atoms with van der Waals surface area (Å²) in [6, 6.07) is 11.8. The topological polar surface area (TPSA) is 56.1 Å². The van der Waals surface area contributed by atoms with Gasteiger partial charge in [-0.2, -0.15) is 0 Å². The average Bonchev–Trinajstić information content (AvgIpc) is 3.16. The van der Waals surface area contributed by atoms with E-state index in [1.54, 1.807) is 12.1 Å². The summed E-state index contributed by atoms with van der Waals surface area (Å²) in [5.41, 5.74) is 4.60. The first-order valence-corrected chi connectivity index (χ1v) is 6.86. The van der Waals surface area contributed by atoms with E-state index in [4.69, 9.17) is 0 Å². The molecule has 2 aliphatic carbocycles. The van der Waals surface area contributed by atoms with Crippen LogP contribution in [-0.2, 0) is 6.42 Å². The van der Waals surface area contributed by atoms with Crippen molar-refractivity contribution in [1.82, 2.24) is 5.32 Å². The smallest absolute Gasteiger partial charge is 0.194 e. The lowest BCUT2D eigenvalue weighted by Crippen LogP contribution is -2.23. The molecule has 2 aromatic carbocycles. The van der Waals surface area contributed by atoms with Gasteiger partial charge in [0.25, 0.3) is 0 Å². The third-order valence-corrected chi connectivity index (χ3v) is 4.68. The second-order valence-corrected chi connectivity index (χ2v) is 5.71. The highest BCUT2D eigenvalue weighted by Gasteiger charge is 2.47. The largest absolute Gasteiger partial charge is 0.304 e. The molecule has 0 unspecified atom stereocenters. The summed E-state index contributed by atoms with van der Waals surface area (Å²) in [6.07, 6.45) is 0.865. The first-order chi connectivity index (χ1) is 9.75. The number of nitrogens with one attached hydrogen (secondary N) is 1. The van der Waals surface area contributed by atoms with Crippen molar-refractivity contribution in [3.63, 3.8) is 0 Å². The normalized spacial score (nSPS) is 24.8. The van der Waals surface area contributed by atoms with E-state index in [-0.39, 0.29) is 11.6 Å². The molecule has 0 bridgehead atoms. The maximum absolute atomic E-state index is 12.8. The van der Waals surface area contributed by atoms with Crippen LogP contribution in [0, 0.1) is 0 Å². The molecule has 2 aromatic rings. The lowest BCUT2D eigenvalue weighted by molar-refractivity contribution is 0.0978. The van der Waals surface area contributed by atoms with Crippen molar-refractivity contribution in [3.05, 3.63) is 69.8 Å². The van der Waals surface area contributed by atoms with Crippen LogP contribution in [0.3, 0.4) is 0 Å². The zero-order chi connectivity index (χ0) is 13.4. The molecular formula is C17H11NO2. The van der Waals surface area contributed by atoms with E-state index in [9.17, 15) is 9.59 Å². The summed E-state index contributed by atoms with van der Waals surface area (Å²) in [4.78, 5) is 25.3. The fourth-order valence-corrected chi connectivity index (χ4v) is 3.66. The molecule has 3 nitrogen and oxygen atoms in total. The van der Waals surface area contributed by atoms with Crippen molar-refractivity contribution in [1.29, 1.82) is 0 Å². The van der Waals surface area contributed by atoms with Crippen molar-refractivity contribution >= 4 is 11.6 Å². The van der Waals surface area contributed by atoms with E-state index < -0.39 is 0 Å². The van der Waals surface area contributed by atoms with Crippen molar-refractivity contribution < 1.29 is 9.59 Å². The SMILES string of the molecule is O=C1c2ccccc2C(=O)c2c1ccc1c2C[C@H]2N[C@@H]12. The Bertz CT molecular complexity index is 822. The lowest BCUT2D eigenvalue weighted by atomic mass is 9.80.